The maximum Gasteiger partial charge on any atom is 0.326 e. The Balaban J connectivity index is 1.96. The summed E-state index contributed by atoms with van der Waals surface area (Å²) in [5.74, 6) is 0.331. The van der Waals surface area contributed by atoms with E-state index in [-0.39, 0.29) is 0 Å². The molecule has 29 heavy (non-hydrogen) atoms. The van der Waals surface area contributed by atoms with Crippen LogP contribution >= 0.6 is 0 Å². The number of rotatable bonds is 8. The van der Waals surface area contributed by atoms with E-state index >= 15 is 0 Å². The molecule has 0 unspecified atom stereocenters. The number of imide groups is 1. The molecular weight excluding hydrogens is 366 g/mol. The lowest BCUT2D eigenvalue weighted by atomic mass is 10.0. The fourth-order valence-corrected chi connectivity index (χ4v) is 2.72. The molecule has 6 nitrogen and oxygen atoms in total. The van der Waals surface area contributed by atoms with Gasteiger partial charge >= 0.3 is 6.03 Å². The monoisotopic (exact) mass is 391 g/mol. The first-order valence-electron chi connectivity index (χ1n) is 9.10. The minimum atomic E-state index is -0.652. The summed E-state index contributed by atoms with van der Waals surface area (Å²) >= 11 is 0. The Kier molecular flexibility index (Phi) is 8.26. The number of hydrogen-bond acceptors (Lipinski definition) is 4. The van der Waals surface area contributed by atoms with Gasteiger partial charge in [0.05, 0.1) is 7.11 Å². The summed E-state index contributed by atoms with van der Waals surface area (Å²) in [4.78, 5) is 24.1. The Morgan fingerprint density at radius 2 is 1.76 bits per heavy atom. The van der Waals surface area contributed by atoms with Crippen LogP contribution in [0.4, 0.5) is 4.79 Å². The van der Waals surface area contributed by atoms with Crippen LogP contribution in [0.3, 0.4) is 0 Å². The summed E-state index contributed by atoms with van der Waals surface area (Å²) in [6.45, 7) is 3.83. The number of allylic oxidation sites excluding steroid dienone is 3. The van der Waals surface area contributed by atoms with Gasteiger partial charge in [0.15, 0.2) is 0 Å². The third kappa shape index (κ3) is 7.03. The van der Waals surface area contributed by atoms with Gasteiger partial charge in [0.2, 0.25) is 0 Å². The van der Waals surface area contributed by atoms with Gasteiger partial charge in [-0.3, -0.25) is 10.1 Å². The van der Waals surface area contributed by atoms with E-state index in [0.29, 0.717) is 17.7 Å². The summed E-state index contributed by atoms with van der Waals surface area (Å²) in [6, 6.07) is 15.6. The van der Waals surface area contributed by atoms with Crippen molar-refractivity contribution in [2.24, 2.45) is 5.73 Å². The highest BCUT2D eigenvalue weighted by atomic mass is 16.5. The molecule has 2 rings (SSSR count). The zero-order valence-corrected chi connectivity index (χ0v) is 16.4. The van der Waals surface area contributed by atoms with Crippen LogP contribution in [-0.4, -0.2) is 19.0 Å². The summed E-state index contributed by atoms with van der Waals surface area (Å²) in [7, 11) is 1.64. The van der Waals surface area contributed by atoms with Crippen molar-refractivity contribution in [2.45, 2.75) is 12.8 Å². The zero-order valence-electron chi connectivity index (χ0n) is 16.4. The molecule has 0 radical (unpaired) electrons. The standard InChI is InChI=1S/C23H25N3O3/c1-17(25-23(28)26-22(27)20-9-4-3-5-10-20)16-18(14-15-24)12-13-19-8-6-7-11-21(19)29-2/h3-11,14-16H,1,12-13,24H2,2H3,(H2,25,26,27,28)/b15-14-,18-16-. The van der Waals surface area contributed by atoms with Crippen molar-refractivity contribution < 1.29 is 14.3 Å². The number of ether oxygens (including phenoxy) is 1. The summed E-state index contributed by atoms with van der Waals surface area (Å²) in [5, 5.41) is 4.82. The number of methoxy groups -OCH3 is 1. The molecule has 0 bridgehead atoms. The molecule has 0 aromatic heterocycles. The van der Waals surface area contributed by atoms with Gasteiger partial charge in [0.25, 0.3) is 5.91 Å². The maximum atomic E-state index is 12.0. The molecule has 2 aromatic carbocycles. The summed E-state index contributed by atoms with van der Waals surface area (Å²) < 4.78 is 5.37. The number of nitrogens with two attached hydrogens (primary N) is 1. The summed E-state index contributed by atoms with van der Waals surface area (Å²) in [5.41, 5.74) is 8.22. The van der Waals surface area contributed by atoms with Crippen LogP contribution in [0.2, 0.25) is 0 Å². The first-order valence-corrected chi connectivity index (χ1v) is 9.10. The Morgan fingerprint density at radius 1 is 1.07 bits per heavy atom. The number of nitrogens with one attached hydrogen (secondary N) is 2. The maximum absolute atomic E-state index is 12.0. The highest BCUT2D eigenvalue weighted by Gasteiger charge is 2.10. The first-order chi connectivity index (χ1) is 14.0. The molecular formula is C23H25N3O3. The number of para-hydroxylation sites is 1. The molecule has 2 aromatic rings. The van der Waals surface area contributed by atoms with Crippen molar-refractivity contribution in [3.05, 3.63) is 102 Å². The van der Waals surface area contributed by atoms with E-state index in [4.69, 9.17) is 10.5 Å². The quantitative estimate of drug-likeness (QED) is 0.599. The third-order valence-corrected chi connectivity index (χ3v) is 4.08. The SMILES string of the molecule is C=C(/C=C(\C=C/N)CCc1ccccc1OC)NC(=O)NC(=O)c1ccccc1. The fourth-order valence-electron chi connectivity index (χ4n) is 2.72. The van der Waals surface area contributed by atoms with E-state index in [1.807, 2.05) is 24.3 Å². The second kappa shape index (κ2) is 11.1. The minimum absolute atomic E-state index is 0.344. The van der Waals surface area contributed by atoms with Crippen molar-refractivity contribution in [3.63, 3.8) is 0 Å². The van der Waals surface area contributed by atoms with Gasteiger partial charge in [-0.25, -0.2) is 4.79 Å². The van der Waals surface area contributed by atoms with Crippen molar-refractivity contribution in [2.75, 3.05) is 7.11 Å². The van der Waals surface area contributed by atoms with Crippen LogP contribution in [0.1, 0.15) is 22.3 Å². The van der Waals surface area contributed by atoms with Crippen molar-refractivity contribution in [3.8, 4) is 5.75 Å². The predicted octanol–water partition coefficient (Wildman–Crippen LogP) is 3.68. The largest absolute Gasteiger partial charge is 0.496 e. The molecule has 0 saturated heterocycles. The van der Waals surface area contributed by atoms with Gasteiger partial charge in [0, 0.05) is 11.3 Å². The van der Waals surface area contributed by atoms with E-state index in [2.05, 4.69) is 17.2 Å². The highest BCUT2D eigenvalue weighted by Crippen LogP contribution is 2.21. The molecule has 0 fully saturated rings. The molecule has 4 N–H and O–H groups in total. The zero-order chi connectivity index (χ0) is 21.1. The smallest absolute Gasteiger partial charge is 0.326 e. The molecule has 0 spiro atoms. The van der Waals surface area contributed by atoms with Gasteiger partial charge in [0.1, 0.15) is 5.75 Å². The molecule has 150 valence electrons. The summed E-state index contributed by atoms with van der Waals surface area (Å²) in [6.07, 6.45) is 6.28. The first kappa shape index (κ1) is 21.5. The van der Waals surface area contributed by atoms with Crippen LogP contribution in [0, 0.1) is 0 Å². The normalized spacial score (nSPS) is 11.1. The van der Waals surface area contributed by atoms with E-state index in [9.17, 15) is 9.59 Å². The van der Waals surface area contributed by atoms with Crippen LogP contribution in [0.5, 0.6) is 5.75 Å². The number of urea groups is 1. The number of benzene rings is 2. The van der Waals surface area contributed by atoms with Crippen LogP contribution in [0.25, 0.3) is 0 Å². The van der Waals surface area contributed by atoms with Crippen molar-refractivity contribution in [1.82, 2.24) is 10.6 Å². The van der Waals surface area contributed by atoms with Crippen molar-refractivity contribution >= 4 is 11.9 Å². The molecule has 0 aliphatic carbocycles. The Morgan fingerprint density at radius 3 is 2.45 bits per heavy atom. The van der Waals surface area contributed by atoms with Gasteiger partial charge in [-0.15, -0.1) is 0 Å². The second-order valence-corrected chi connectivity index (χ2v) is 6.19. The molecule has 0 aliphatic rings. The number of carbonyl (C=O) groups excluding carboxylic acids is 2. The number of carbonyl (C=O) groups is 2. The third-order valence-electron chi connectivity index (χ3n) is 4.08. The Bertz CT molecular complexity index is 918. The fraction of sp³-hybridized carbons (Fsp3) is 0.130. The van der Waals surface area contributed by atoms with E-state index in [1.54, 1.807) is 49.6 Å². The van der Waals surface area contributed by atoms with Crippen LogP contribution < -0.4 is 21.1 Å². The van der Waals surface area contributed by atoms with E-state index in [1.165, 1.54) is 6.20 Å². The topological polar surface area (TPSA) is 93.4 Å². The van der Waals surface area contributed by atoms with Gasteiger partial charge in [-0.1, -0.05) is 43.0 Å². The Labute approximate surface area is 170 Å². The molecule has 0 heterocycles. The lowest BCUT2D eigenvalue weighted by Gasteiger charge is -2.10. The lowest BCUT2D eigenvalue weighted by molar-refractivity contribution is 0.0964. The number of amides is 3. The molecule has 3 amide bonds. The van der Waals surface area contributed by atoms with Gasteiger partial charge in [-0.05, 0) is 60.5 Å². The van der Waals surface area contributed by atoms with Gasteiger partial charge < -0.3 is 15.8 Å². The molecule has 0 atom stereocenters. The lowest BCUT2D eigenvalue weighted by Crippen LogP contribution is -2.38. The van der Waals surface area contributed by atoms with E-state index < -0.39 is 11.9 Å². The number of aryl methyl sites for hydroxylation is 1. The molecule has 6 heteroatoms. The van der Waals surface area contributed by atoms with Gasteiger partial charge in [-0.2, -0.15) is 0 Å². The number of hydrogen-bond donors (Lipinski definition) is 3. The van der Waals surface area contributed by atoms with Crippen LogP contribution in [0.15, 0.2) is 90.8 Å². The predicted molar refractivity (Wildman–Crippen MR) is 114 cm³/mol. The average Bonchev–Trinajstić information content (AvgIpc) is 2.72. The van der Waals surface area contributed by atoms with E-state index in [0.717, 1.165) is 23.3 Å². The average molecular weight is 391 g/mol. The van der Waals surface area contributed by atoms with Crippen LogP contribution in [-0.2, 0) is 6.42 Å². The second-order valence-electron chi connectivity index (χ2n) is 6.19. The highest BCUT2D eigenvalue weighted by molar-refractivity contribution is 6.04. The molecule has 0 saturated carbocycles. The van der Waals surface area contributed by atoms with Crippen molar-refractivity contribution in [1.29, 1.82) is 0 Å². The Hall–Kier alpha value is -3.80. The molecule has 0 aliphatic heterocycles. The minimum Gasteiger partial charge on any atom is -0.496 e.